The van der Waals surface area contributed by atoms with Crippen LogP contribution in [0.3, 0.4) is 0 Å². The summed E-state index contributed by atoms with van der Waals surface area (Å²) < 4.78 is 30.4. The van der Waals surface area contributed by atoms with Gasteiger partial charge in [0.2, 0.25) is 5.82 Å². The van der Waals surface area contributed by atoms with E-state index in [0.717, 1.165) is 18.2 Å². The van der Waals surface area contributed by atoms with Crippen LogP contribution in [-0.4, -0.2) is 21.3 Å². The van der Waals surface area contributed by atoms with Crippen LogP contribution in [0.5, 0.6) is 5.75 Å². The summed E-state index contributed by atoms with van der Waals surface area (Å²) >= 11 is 0. The predicted octanol–water partition coefficient (Wildman–Crippen LogP) is 2.02. The van der Waals surface area contributed by atoms with E-state index in [1.807, 2.05) is 0 Å². The molecular formula is C10H5F2NO4. The molecule has 0 unspecified atom stereocenters. The number of phenolic OH excluding ortho intramolecular Hbond substituents is 1. The van der Waals surface area contributed by atoms with Crippen LogP contribution in [0.25, 0.3) is 11.3 Å². The van der Waals surface area contributed by atoms with Gasteiger partial charge >= 0.3 is 5.97 Å². The van der Waals surface area contributed by atoms with E-state index in [9.17, 15) is 18.7 Å². The first-order valence-corrected chi connectivity index (χ1v) is 4.38. The Kier molecular flexibility index (Phi) is 2.51. The van der Waals surface area contributed by atoms with Crippen LogP contribution in [0.1, 0.15) is 10.5 Å². The maximum Gasteiger partial charge on any atom is 0.358 e. The van der Waals surface area contributed by atoms with E-state index in [-0.39, 0.29) is 11.3 Å². The number of rotatable bonds is 2. The molecule has 0 spiro atoms. The summed E-state index contributed by atoms with van der Waals surface area (Å²) in [5.74, 6) is -5.11. The Balaban J connectivity index is 2.53. The normalized spacial score (nSPS) is 10.5. The van der Waals surface area contributed by atoms with Crippen molar-refractivity contribution in [1.29, 1.82) is 0 Å². The van der Waals surface area contributed by atoms with Crippen molar-refractivity contribution >= 4 is 5.97 Å². The summed E-state index contributed by atoms with van der Waals surface area (Å²) in [4.78, 5) is 10.5. The quantitative estimate of drug-likeness (QED) is 0.840. The van der Waals surface area contributed by atoms with E-state index in [0.29, 0.717) is 0 Å². The standard InChI is InChI=1S/C10H5F2NO4/c11-5-2-1-4(9(14)8(5)12)7-3-6(10(15)16)13-17-7/h1-3,14H,(H,15,16). The first-order valence-electron chi connectivity index (χ1n) is 4.38. The fourth-order valence-corrected chi connectivity index (χ4v) is 1.24. The molecule has 1 heterocycles. The number of hydrogen-bond acceptors (Lipinski definition) is 4. The fourth-order valence-electron chi connectivity index (χ4n) is 1.24. The second-order valence-electron chi connectivity index (χ2n) is 3.14. The minimum absolute atomic E-state index is 0.168. The van der Waals surface area contributed by atoms with Crippen molar-refractivity contribution < 1.29 is 28.3 Å². The lowest BCUT2D eigenvalue weighted by atomic mass is 10.1. The van der Waals surface area contributed by atoms with Crippen molar-refractivity contribution in [1.82, 2.24) is 5.16 Å². The Morgan fingerprint density at radius 3 is 2.65 bits per heavy atom. The van der Waals surface area contributed by atoms with Crippen LogP contribution in [0.2, 0.25) is 0 Å². The number of carbonyl (C=O) groups is 1. The van der Waals surface area contributed by atoms with Crippen LogP contribution in [0.4, 0.5) is 8.78 Å². The molecule has 0 saturated carbocycles. The van der Waals surface area contributed by atoms with Gasteiger partial charge in [-0.2, -0.15) is 4.39 Å². The minimum Gasteiger partial charge on any atom is -0.504 e. The lowest BCUT2D eigenvalue weighted by molar-refractivity contribution is 0.0686. The van der Waals surface area contributed by atoms with Gasteiger partial charge in [-0.05, 0) is 12.1 Å². The summed E-state index contributed by atoms with van der Waals surface area (Å²) in [7, 11) is 0. The Bertz CT molecular complexity index is 594. The summed E-state index contributed by atoms with van der Waals surface area (Å²) in [6, 6.07) is 2.84. The highest BCUT2D eigenvalue weighted by Crippen LogP contribution is 2.32. The van der Waals surface area contributed by atoms with E-state index in [2.05, 4.69) is 9.68 Å². The number of carboxylic acid groups (broad SMARTS) is 1. The van der Waals surface area contributed by atoms with Gasteiger partial charge in [0.15, 0.2) is 23.0 Å². The van der Waals surface area contributed by atoms with Gasteiger partial charge in [0.05, 0.1) is 5.56 Å². The molecule has 0 bridgehead atoms. The molecule has 2 aromatic rings. The van der Waals surface area contributed by atoms with Crippen molar-refractivity contribution in [3.63, 3.8) is 0 Å². The zero-order valence-electron chi connectivity index (χ0n) is 8.15. The molecule has 0 atom stereocenters. The number of aromatic nitrogens is 1. The molecule has 1 aromatic heterocycles. The van der Waals surface area contributed by atoms with Crippen LogP contribution >= 0.6 is 0 Å². The topological polar surface area (TPSA) is 83.6 Å². The number of benzene rings is 1. The Morgan fingerprint density at radius 1 is 1.35 bits per heavy atom. The van der Waals surface area contributed by atoms with Crippen LogP contribution < -0.4 is 0 Å². The molecule has 88 valence electrons. The number of halogens is 2. The van der Waals surface area contributed by atoms with E-state index in [1.54, 1.807) is 0 Å². The molecule has 0 amide bonds. The number of nitrogens with zero attached hydrogens (tertiary/aromatic N) is 1. The highest BCUT2D eigenvalue weighted by atomic mass is 19.2. The average Bonchev–Trinajstić information content (AvgIpc) is 2.75. The number of phenols is 1. The van der Waals surface area contributed by atoms with Gasteiger partial charge < -0.3 is 14.7 Å². The van der Waals surface area contributed by atoms with Crippen LogP contribution in [0.15, 0.2) is 22.7 Å². The van der Waals surface area contributed by atoms with Crippen molar-refractivity contribution in [3.8, 4) is 17.1 Å². The van der Waals surface area contributed by atoms with Crippen molar-refractivity contribution in [2.24, 2.45) is 0 Å². The Hall–Kier alpha value is -2.44. The molecular weight excluding hydrogens is 236 g/mol. The second kappa shape index (κ2) is 3.85. The van der Waals surface area contributed by atoms with Gasteiger partial charge in [-0.15, -0.1) is 0 Å². The maximum atomic E-state index is 13.0. The third-order valence-electron chi connectivity index (χ3n) is 2.06. The lowest BCUT2D eigenvalue weighted by Gasteiger charge is -2.01. The zero-order valence-corrected chi connectivity index (χ0v) is 8.15. The van der Waals surface area contributed by atoms with Gasteiger partial charge in [0.1, 0.15) is 0 Å². The number of hydrogen-bond donors (Lipinski definition) is 2. The van der Waals surface area contributed by atoms with Gasteiger partial charge in [0, 0.05) is 6.07 Å². The number of carboxylic acids is 1. The Labute approximate surface area is 92.9 Å². The molecule has 7 heteroatoms. The third kappa shape index (κ3) is 1.82. The van der Waals surface area contributed by atoms with E-state index < -0.39 is 29.0 Å². The summed E-state index contributed by atoms with van der Waals surface area (Å²) in [5.41, 5.74) is -0.576. The van der Waals surface area contributed by atoms with Crippen molar-refractivity contribution in [2.75, 3.05) is 0 Å². The van der Waals surface area contributed by atoms with Gasteiger partial charge in [-0.1, -0.05) is 5.16 Å². The maximum absolute atomic E-state index is 13.0. The van der Waals surface area contributed by atoms with E-state index in [1.165, 1.54) is 0 Å². The molecule has 0 fully saturated rings. The first-order chi connectivity index (χ1) is 8.00. The van der Waals surface area contributed by atoms with E-state index >= 15 is 0 Å². The molecule has 0 radical (unpaired) electrons. The monoisotopic (exact) mass is 241 g/mol. The Morgan fingerprint density at radius 2 is 2.06 bits per heavy atom. The van der Waals surface area contributed by atoms with Crippen LogP contribution in [0, 0.1) is 11.6 Å². The summed E-state index contributed by atoms with van der Waals surface area (Å²) in [5, 5.41) is 21.1. The van der Waals surface area contributed by atoms with Gasteiger partial charge in [0.25, 0.3) is 0 Å². The van der Waals surface area contributed by atoms with E-state index in [4.69, 9.17) is 5.11 Å². The van der Waals surface area contributed by atoms with Gasteiger partial charge in [-0.25, -0.2) is 9.18 Å². The molecule has 17 heavy (non-hydrogen) atoms. The third-order valence-corrected chi connectivity index (χ3v) is 2.06. The zero-order chi connectivity index (χ0) is 12.6. The molecule has 0 aliphatic heterocycles. The SMILES string of the molecule is O=C(O)c1cc(-c2ccc(F)c(F)c2O)on1. The lowest BCUT2D eigenvalue weighted by Crippen LogP contribution is -1.94. The molecule has 0 aliphatic carbocycles. The van der Waals surface area contributed by atoms with Crippen LogP contribution in [-0.2, 0) is 0 Å². The summed E-state index contributed by atoms with van der Waals surface area (Å²) in [6.07, 6.45) is 0. The average molecular weight is 241 g/mol. The minimum atomic E-state index is -1.43. The molecule has 0 aliphatic rings. The molecule has 0 saturated heterocycles. The molecule has 5 nitrogen and oxygen atoms in total. The first kappa shape index (κ1) is 11.1. The smallest absolute Gasteiger partial charge is 0.358 e. The molecule has 1 aromatic carbocycles. The van der Waals surface area contributed by atoms with Crippen molar-refractivity contribution in [2.45, 2.75) is 0 Å². The number of aromatic carboxylic acids is 1. The largest absolute Gasteiger partial charge is 0.504 e. The highest BCUT2D eigenvalue weighted by molar-refractivity contribution is 5.86. The van der Waals surface area contributed by atoms with Crippen molar-refractivity contribution in [3.05, 3.63) is 35.5 Å². The molecule has 2 N–H and O–H groups in total. The fraction of sp³-hybridized carbons (Fsp3) is 0. The highest BCUT2D eigenvalue weighted by Gasteiger charge is 2.19. The summed E-state index contributed by atoms with van der Waals surface area (Å²) in [6.45, 7) is 0. The van der Waals surface area contributed by atoms with Gasteiger partial charge in [-0.3, -0.25) is 0 Å². The number of aromatic hydroxyl groups is 1. The molecule has 2 rings (SSSR count). The second-order valence-corrected chi connectivity index (χ2v) is 3.14. The predicted molar refractivity (Wildman–Crippen MR) is 50.5 cm³/mol.